The molecule has 0 bridgehead atoms. The molecule has 1 fully saturated rings. The van der Waals surface area contributed by atoms with E-state index >= 15 is 0 Å². The van der Waals surface area contributed by atoms with Gasteiger partial charge in [0, 0.05) is 6.54 Å². The molecule has 2 aromatic carbocycles. The van der Waals surface area contributed by atoms with Gasteiger partial charge in [0.2, 0.25) is 0 Å². The number of H-pyrrole nitrogens is 1. The Labute approximate surface area is 204 Å². The van der Waals surface area contributed by atoms with Gasteiger partial charge in [0.15, 0.2) is 0 Å². The van der Waals surface area contributed by atoms with Gasteiger partial charge in [-0.25, -0.2) is 15.0 Å². The molecule has 0 amide bonds. The molecule has 1 unspecified atom stereocenters. The number of halogens is 1. The Morgan fingerprint density at radius 1 is 1.06 bits per heavy atom. The van der Waals surface area contributed by atoms with Gasteiger partial charge in [0.25, 0.3) is 11.1 Å². The number of hydrogen-bond acceptors (Lipinski definition) is 7. The maximum atomic E-state index is 13.9. The molecule has 4 heterocycles. The predicted octanol–water partition coefficient (Wildman–Crippen LogP) is 3.72. The third-order valence-corrected chi connectivity index (χ3v) is 6.69. The Morgan fingerprint density at radius 3 is 2.77 bits per heavy atom. The van der Waals surface area contributed by atoms with Crippen LogP contribution >= 0.6 is 11.6 Å². The number of aryl methyl sites for hydroxylation is 1. The Morgan fingerprint density at radius 2 is 1.91 bits per heavy atom. The van der Waals surface area contributed by atoms with E-state index in [1.165, 1.54) is 12.7 Å². The summed E-state index contributed by atoms with van der Waals surface area (Å²) in [5, 5.41) is 1.04. The highest BCUT2D eigenvalue weighted by Gasteiger charge is 2.33. The predicted molar refractivity (Wildman–Crippen MR) is 134 cm³/mol. The molecule has 3 aromatic heterocycles. The summed E-state index contributed by atoms with van der Waals surface area (Å²) in [7, 11) is 0. The molecular formula is C25H20ClN7O2. The van der Waals surface area contributed by atoms with Crippen LogP contribution in [0.1, 0.15) is 30.3 Å². The quantitative estimate of drug-likeness (QED) is 0.414. The number of aromatic amines is 1. The van der Waals surface area contributed by atoms with Crippen LogP contribution in [-0.2, 0) is 0 Å². The van der Waals surface area contributed by atoms with Crippen molar-refractivity contribution in [2.45, 2.75) is 25.8 Å². The summed E-state index contributed by atoms with van der Waals surface area (Å²) in [5.41, 5.74) is 2.02. The number of benzene rings is 2. The molecule has 1 aliphatic heterocycles. The number of aromatic nitrogens is 6. The molecule has 1 N–H and O–H groups in total. The Kier molecular flexibility index (Phi) is 5.07. The Bertz CT molecular complexity index is 1720. The largest absolute Gasteiger partial charge is 0.346 e. The molecule has 0 radical (unpaired) electrons. The molecule has 9 nitrogen and oxygen atoms in total. The fourth-order valence-corrected chi connectivity index (χ4v) is 5.10. The number of anilines is 1. The van der Waals surface area contributed by atoms with Crippen molar-refractivity contribution in [1.82, 2.24) is 29.5 Å². The van der Waals surface area contributed by atoms with E-state index in [9.17, 15) is 9.59 Å². The van der Waals surface area contributed by atoms with Gasteiger partial charge in [-0.15, -0.1) is 0 Å². The highest BCUT2D eigenvalue weighted by atomic mass is 35.5. The maximum absolute atomic E-state index is 13.9. The minimum atomic E-state index is -0.408. The van der Waals surface area contributed by atoms with Gasteiger partial charge in [-0.05, 0) is 49.6 Å². The first-order valence-electron chi connectivity index (χ1n) is 11.3. The number of fused-ring (bicyclic) bond motifs is 2. The molecule has 174 valence electrons. The molecule has 10 heteroatoms. The van der Waals surface area contributed by atoms with Gasteiger partial charge in [-0.3, -0.25) is 14.2 Å². The number of hydrogen-bond donors (Lipinski definition) is 1. The maximum Gasteiger partial charge on any atom is 0.285 e. The van der Waals surface area contributed by atoms with Crippen LogP contribution in [0.25, 0.3) is 27.6 Å². The average Bonchev–Trinajstić information content (AvgIpc) is 3.33. The Hall–Kier alpha value is -4.11. The van der Waals surface area contributed by atoms with E-state index < -0.39 is 5.56 Å². The van der Waals surface area contributed by atoms with Crippen molar-refractivity contribution in [2.24, 2.45) is 0 Å². The van der Waals surface area contributed by atoms with E-state index in [0.717, 1.165) is 18.4 Å². The molecule has 5 aromatic rings. The molecule has 0 spiro atoms. The summed E-state index contributed by atoms with van der Waals surface area (Å²) in [6.45, 7) is 2.62. The SMILES string of the molecule is Cc1cccc(-n2c(C3CCCN3c3ncnc4[nH]cnc(=O)c34)nc3cccc(Cl)c3c2=O)c1. The summed E-state index contributed by atoms with van der Waals surface area (Å²) in [5.74, 6) is 1.04. The third kappa shape index (κ3) is 3.47. The lowest BCUT2D eigenvalue weighted by Gasteiger charge is -2.28. The highest BCUT2D eigenvalue weighted by molar-refractivity contribution is 6.35. The van der Waals surface area contributed by atoms with E-state index in [1.807, 2.05) is 36.1 Å². The zero-order chi connectivity index (χ0) is 24.1. The van der Waals surface area contributed by atoms with Crippen molar-refractivity contribution >= 4 is 39.4 Å². The van der Waals surface area contributed by atoms with E-state index in [2.05, 4.69) is 19.9 Å². The standard InChI is InChI=1S/C25H20ClN7O2/c1-14-5-2-6-15(11-14)33-22(31-17-8-3-7-16(26)19(17)25(33)35)18-9-4-10-32(18)23-20-21(27-12-29-23)28-13-30-24(20)34/h2-3,5-8,11-13,18H,4,9-10H2,1H3,(H,27,28,29,30,34). The summed E-state index contributed by atoms with van der Waals surface area (Å²) >= 11 is 6.45. The minimum absolute atomic E-state index is 0.236. The van der Waals surface area contributed by atoms with Crippen molar-refractivity contribution in [3.63, 3.8) is 0 Å². The summed E-state index contributed by atoms with van der Waals surface area (Å²) in [6, 6.07) is 12.7. The van der Waals surface area contributed by atoms with Crippen molar-refractivity contribution < 1.29 is 0 Å². The van der Waals surface area contributed by atoms with Crippen LogP contribution in [0.4, 0.5) is 5.82 Å². The number of rotatable bonds is 3. The van der Waals surface area contributed by atoms with Gasteiger partial charge in [-0.1, -0.05) is 29.8 Å². The normalized spacial score (nSPS) is 15.8. The highest BCUT2D eigenvalue weighted by Crippen LogP contribution is 2.37. The first-order valence-corrected chi connectivity index (χ1v) is 11.6. The zero-order valence-corrected chi connectivity index (χ0v) is 19.5. The van der Waals surface area contributed by atoms with Crippen molar-refractivity contribution in [3.8, 4) is 5.69 Å². The summed E-state index contributed by atoms with van der Waals surface area (Å²) in [4.78, 5) is 49.0. The molecule has 6 rings (SSSR count). The van der Waals surface area contributed by atoms with E-state index in [4.69, 9.17) is 16.6 Å². The van der Waals surface area contributed by atoms with Crippen molar-refractivity contribution in [2.75, 3.05) is 11.4 Å². The smallest absolute Gasteiger partial charge is 0.285 e. The number of nitrogens with one attached hydrogen (secondary N) is 1. The summed E-state index contributed by atoms with van der Waals surface area (Å²) in [6.07, 6.45) is 4.32. The molecule has 1 atom stereocenters. The molecular weight excluding hydrogens is 466 g/mol. The first-order chi connectivity index (χ1) is 17.0. The number of nitrogens with zero attached hydrogens (tertiary/aromatic N) is 6. The lowest BCUT2D eigenvalue weighted by molar-refractivity contribution is 0.634. The fourth-order valence-electron chi connectivity index (χ4n) is 4.85. The molecule has 1 saturated heterocycles. The van der Waals surface area contributed by atoms with Crippen LogP contribution in [0.5, 0.6) is 0 Å². The first kappa shape index (κ1) is 21.4. The average molecular weight is 486 g/mol. The second-order valence-corrected chi connectivity index (χ2v) is 8.97. The molecule has 35 heavy (non-hydrogen) atoms. The van der Waals surface area contributed by atoms with Crippen LogP contribution in [0, 0.1) is 6.92 Å². The topological polar surface area (TPSA) is 110 Å². The van der Waals surface area contributed by atoms with Crippen molar-refractivity contribution in [3.05, 3.63) is 92.2 Å². The molecule has 1 aliphatic rings. The second-order valence-electron chi connectivity index (χ2n) is 8.56. The van der Waals surface area contributed by atoms with Gasteiger partial charge in [0.05, 0.1) is 34.0 Å². The zero-order valence-electron chi connectivity index (χ0n) is 18.8. The molecule has 0 aliphatic carbocycles. The van der Waals surface area contributed by atoms with Crippen LogP contribution < -0.4 is 16.0 Å². The second kappa shape index (κ2) is 8.28. The molecule has 0 saturated carbocycles. The Balaban J connectivity index is 1.63. The van der Waals surface area contributed by atoms with E-state index in [0.29, 0.717) is 50.8 Å². The lowest BCUT2D eigenvalue weighted by atomic mass is 10.1. The monoisotopic (exact) mass is 485 g/mol. The van der Waals surface area contributed by atoms with Crippen LogP contribution in [0.15, 0.2) is 64.7 Å². The van der Waals surface area contributed by atoms with Crippen LogP contribution in [-0.4, -0.2) is 36.0 Å². The van der Waals surface area contributed by atoms with Gasteiger partial charge >= 0.3 is 0 Å². The van der Waals surface area contributed by atoms with Gasteiger partial charge < -0.3 is 9.88 Å². The lowest BCUT2D eigenvalue weighted by Crippen LogP contribution is -2.32. The van der Waals surface area contributed by atoms with Gasteiger partial charge in [0.1, 0.15) is 29.0 Å². The van der Waals surface area contributed by atoms with Crippen molar-refractivity contribution in [1.29, 1.82) is 0 Å². The van der Waals surface area contributed by atoms with Crippen LogP contribution in [0.2, 0.25) is 5.02 Å². The third-order valence-electron chi connectivity index (χ3n) is 6.38. The summed E-state index contributed by atoms with van der Waals surface area (Å²) < 4.78 is 1.63. The van der Waals surface area contributed by atoms with Crippen LogP contribution in [0.3, 0.4) is 0 Å². The fraction of sp³-hybridized carbons (Fsp3) is 0.200. The van der Waals surface area contributed by atoms with E-state index in [-0.39, 0.29) is 11.6 Å². The van der Waals surface area contributed by atoms with E-state index in [1.54, 1.807) is 22.8 Å². The minimum Gasteiger partial charge on any atom is -0.346 e. The van der Waals surface area contributed by atoms with Gasteiger partial charge in [-0.2, -0.15) is 4.98 Å².